The van der Waals surface area contributed by atoms with Crippen molar-refractivity contribution in [1.82, 2.24) is 9.97 Å². The summed E-state index contributed by atoms with van der Waals surface area (Å²) in [6, 6.07) is 49.6. The van der Waals surface area contributed by atoms with Crippen molar-refractivity contribution < 1.29 is 0 Å². The Bertz CT molecular complexity index is 2700. The number of fused-ring (bicyclic) bond motifs is 10. The largest absolute Gasteiger partial charge is 0.243 e. The predicted molar refractivity (Wildman–Crippen MR) is 206 cm³/mol. The van der Waals surface area contributed by atoms with Crippen LogP contribution in [0.15, 0.2) is 133 Å². The van der Waals surface area contributed by atoms with Crippen LogP contribution in [0, 0.1) is 23.7 Å². The van der Waals surface area contributed by atoms with Gasteiger partial charge in [0.05, 0.1) is 22.4 Å². The summed E-state index contributed by atoms with van der Waals surface area (Å²) in [5, 5.41) is 7.48. The van der Waals surface area contributed by atoms with Crippen LogP contribution in [-0.4, -0.2) is 9.97 Å². The van der Waals surface area contributed by atoms with E-state index in [0.29, 0.717) is 11.8 Å². The molecule has 2 heteroatoms. The quantitative estimate of drug-likeness (QED) is 0.176. The molecule has 7 aromatic carbocycles. The maximum atomic E-state index is 5.68. The number of benzene rings is 7. The van der Waals surface area contributed by atoms with Crippen molar-refractivity contribution in [3.05, 3.63) is 145 Å². The Balaban J connectivity index is 1.17. The van der Waals surface area contributed by atoms with E-state index >= 15 is 0 Å². The Morgan fingerprint density at radius 2 is 0.940 bits per heavy atom. The van der Waals surface area contributed by atoms with Crippen LogP contribution in [0.25, 0.3) is 77.0 Å². The molecule has 4 saturated carbocycles. The molecule has 4 fully saturated rings. The van der Waals surface area contributed by atoms with Crippen LogP contribution in [0.3, 0.4) is 0 Å². The third kappa shape index (κ3) is 3.54. The van der Waals surface area contributed by atoms with Gasteiger partial charge in [-0.2, -0.15) is 0 Å². The maximum absolute atomic E-state index is 5.68. The van der Waals surface area contributed by atoms with Crippen molar-refractivity contribution in [1.29, 1.82) is 0 Å². The summed E-state index contributed by atoms with van der Waals surface area (Å²) in [5.74, 6) is 3.19. The molecule has 4 bridgehead atoms. The highest BCUT2D eigenvalue weighted by Crippen LogP contribution is 2.69. The van der Waals surface area contributed by atoms with E-state index in [4.69, 9.17) is 9.97 Å². The van der Waals surface area contributed by atoms with Crippen molar-refractivity contribution in [3.63, 3.8) is 0 Å². The molecule has 0 radical (unpaired) electrons. The van der Waals surface area contributed by atoms with Crippen molar-refractivity contribution in [2.24, 2.45) is 23.7 Å². The Labute approximate surface area is 291 Å². The smallest absolute Gasteiger partial charge is 0.0979 e. The fourth-order valence-corrected chi connectivity index (χ4v) is 11.7. The van der Waals surface area contributed by atoms with Crippen LogP contribution >= 0.6 is 0 Å². The lowest BCUT2D eigenvalue weighted by Crippen LogP contribution is -2.55. The van der Waals surface area contributed by atoms with Gasteiger partial charge in [-0.3, -0.25) is 0 Å². The van der Waals surface area contributed by atoms with E-state index < -0.39 is 0 Å². The zero-order chi connectivity index (χ0) is 32.6. The number of aromatic nitrogens is 2. The van der Waals surface area contributed by atoms with Gasteiger partial charge in [0, 0.05) is 27.3 Å². The second-order valence-corrected chi connectivity index (χ2v) is 15.8. The first-order valence-corrected chi connectivity index (χ1v) is 18.6. The van der Waals surface area contributed by atoms with Crippen LogP contribution in [0.1, 0.15) is 43.2 Å². The number of hydrogen-bond donors (Lipinski definition) is 0. The van der Waals surface area contributed by atoms with E-state index in [-0.39, 0.29) is 5.41 Å². The Morgan fingerprint density at radius 1 is 0.420 bits per heavy atom. The predicted octanol–water partition coefficient (Wildman–Crippen LogP) is 12.1. The van der Waals surface area contributed by atoms with Gasteiger partial charge in [-0.25, -0.2) is 9.97 Å². The van der Waals surface area contributed by atoms with Gasteiger partial charge in [0.25, 0.3) is 0 Å². The molecule has 238 valence electrons. The normalized spacial score (nSPS) is 24.5. The summed E-state index contributed by atoms with van der Waals surface area (Å²) in [7, 11) is 0. The number of nitrogens with zero attached hydrogens (tertiary/aromatic N) is 2. The summed E-state index contributed by atoms with van der Waals surface area (Å²) in [6.07, 6.45) is 6.93. The van der Waals surface area contributed by atoms with Crippen LogP contribution in [0.4, 0.5) is 0 Å². The van der Waals surface area contributed by atoms with Crippen LogP contribution < -0.4 is 0 Å². The van der Waals surface area contributed by atoms with E-state index in [1.807, 2.05) is 0 Å². The average molecular weight is 641 g/mol. The molecule has 0 saturated heterocycles. The van der Waals surface area contributed by atoms with Crippen molar-refractivity contribution in [2.45, 2.75) is 37.5 Å². The summed E-state index contributed by atoms with van der Waals surface area (Å²) < 4.78 is 0. The minimum Gasteiger partial charge on any atom is -0.243 e. The van der Waals surface area contributed by atoms with E-state index in [0.717, 1.165) is 50.6 Å². The van der Waals surface area contributed by atoms with Gasteiger partial charge < -0.3 is 0 Å². The summed E-state index contributed by atoms with van der Waals surface area (Å²) in [6.45, 7) is 0. The Hall–Kier alpha value is -5.34. The van der Waals surface area contributed by atoms with Crippen LogP contribution in [0.2, 0.25) is 0 Å². The first-order chi connectivity index (χ1) is 24.7. The zero-order valence-corrected chi connectivity index (χ0v) is 27.9. The Kier molecular flexibility index (Phi) is 5.43. The molecule has 5 aliphatic rings. The molecule has 0 unspecified atom stereocenters. The average Bonchev–Trinajstić information content (AvgIpc) is 3.44. The second kappa shape index (κ2) is 9.88. The zero-order valence-electron chi connectivity index (χ0n) is 27.9. The first-order valence-electron chi connectivity index (χ1n) is 18.6. The fraction of sp³-hybridized carbons (Fsp3) is 0.208. The minimum atomic E-state index is 0.0677. The molecule has 1 spiro atoms. The SMILES string of the molecule is c1ccc(-c2nc3c4ccccc4c4ccccc4c3nc2-c2ccc3c(c2)C2(c4cc5ccccc5cc4-3)C3CC4CC(C3)CC2C4)cc1. The summed E-state index contributed by atoms with van der Waals surface area (Å²) >= 11 is 0. The number of hydrogen-bond acceptors (Lipinski definition) is 2. The first kappa shape index (κ1) is 27.5. The molecule has 1 heterocycles. The highest BCUT2D eigenvalue weighted by atomic mass is 14.8. The molecule has 1 aromatic heterocycles. The third-order valence-corrected chi connectivity index (χ3v) is 13.4. The molecular formula is C48H36N2. The van der Waals surface area contributed by atoms with Gasteiger partial charge in [0.2, 0.25) is 0 Å². The van der Waals surface area contributed by atoms with Gasteiger partial charge in [-0.15, -0.1) is 0 Å². The molecule has 0 atom stereocenters. The van der Waals surface area contributed by atoms with E-state index in [2.05, 4.69) is 133 Å². The van der Waals surface area contributed by atoms with Crippen LogP contribution in [-0.2, 0) is 5.41 Å². The molecule has 50 heavy (non-hydrogen) atoms. The summed E-state index contributed by atoms with van der Waals surface area (Å²) in [5.41, 5.74) is 12.3. The van der Waals surface area contributed by atoms with Gasteiger partial charge in [0.1, 0.15) is 0 Å². The van der Waals surface area contributed by atoms with Gasteiger partial charge in [-0.1, -0.05) is 115 Å². The lowest BCUT2D eigenvalue weighted by molar-refractivity contribution is -0.0398. The highest BCUT2D eigenvalue weighted by molar-refractivity contribution is 6.23. The van der Waals surface area contributed by atoms with E-state index in [9.17, 15) is 0 Å². The Morgan fingerprint density at radius 3 is 1.58 bits per heavy atom. The second-order valence-electron chi connectivity index (χ2n) is 15.8. The highest BCUT2D eigenvalue weighted by Gasteiger charge is 2.61. The molecule has 8 aromatic rings. The van der Waals surface area contributed by atoms with Crippen molar-refractivity contribution in [2.75, 3.05) is 0 Å². The molecule has 0 aliphatic heterocycles. The monoisotopic (exact) mass is 640 g/mol. The molecular weight excluding hydrogens is 605 g/mol. The van der Waals surface area contributed by atoms with Gasteiger partial charge >= 0.3 is 0 Å². The van der Waals surface area contributed by atoms with E-state index in [1.165, 1.54) is 70.3 Å². The van der Waals surface area contributed by atoms with Crippen LogP contribution in [0.5, 0.6) is 0 Å². The van der Waals surface area contributed by atoms with Crippen molar-refractivity contribution in [3.8, 4) is 33.6 Å². The summed E-state index contributed by atoms with van der Waals surface area (Å²) in [4.78, 5) is 11.3. The lowest BCUT2D eigenvalue weighted by atomic mass is 9.43. The standard InChI is InChI=1S/C48H36N2/c1-2-10-30(11-3-1)44-45(50-47-40-17-9-7-15-37(40)36-14-6-8-16-39(36)46(47)49-44)33-18-19-38-41-25-31-12-4-5-13-32(31)26-43(41)48(42(38)27-33)34-21-28-20-29(23-34)24-35(48)22-28/h1-19,25-29,34-35H,20-24H2. The molecule has 5 aliphatic carbocycles. The van der Waals surface area contributed by atoms with Crippen molar-refractivity contribution >= 4 is 43.4 Å². The van der Waals surface area contributed by atoms with Gasteiger partial charge in [0.15, 0.2) is 0 Å². The third-order valence-electron chi connectivity index (χ3n) is 13.4. The molecule has 13 rings (SSSR count). The maximum Gasteiger partial charge on any atom is 0.0979 e. The molecule has 2 nitrogen and oxygen atoms in total. The fourth-order valence-electron chi connectivity index (χ4n) is 11.7. The molecule has 0 amide bonds. The number of rotatable bonds is 2. The van der Waals surface area contributed by atoms with E-state index in [1.54, 1.807) is 11.1 Å². The molecule has 0 N–H and O–H groups in total. The topological polar surface area (TPSA) is 25.8 Å². The lowest BCUT2D eigenvalue weighted by Gasteiger charge is -2.61. The minimum absolute atomic E-state index is 0.0677. The van der Waals surface area contributed by atoms with Gasteiger partial charge in [-0.05, 0) is 118 Å².